The highest BCUT2D eigenvalue weighted by Gasteiger charge is 2.26. The predicted molar refractivity (Wildman–Crippen MR) is 146 cm³/mol. The van der Waals surface area contributed by atoms with Crippen LogP contribution in [0.1, 0.15) is 62.9 Å². The van der Waals surface area contributed by atoms with E-state index in [0.29, 0.717) is 28.4 Å². The highest BCUT2D eigenvalue weighted by Crippen LogP contribution is 2.38. The molecule has 1 aliphatic rings. The quantitative estimate of drug-likeness (QED) is 0.201. The fourth-order valence-corrected chi connectivity index (χ4v) is 6.18. The number of ether oxygens (including phenoxy) is 1. The van der Waals surface area contributed by atoms with E-state index in [4.69, 9.17) is 4.74 Å². The van der Waals surface area contributed by atoms with Crippen molar-refractivity contribution in [3.05, 3.63) is 75.7 Å². The lowest BCUT2D eigenvalue weighted by atomic mass is 10.1. The van der Waals surface area contributed by atoms with Crippen molar-refractivity contribution in [3.8, 4) is 0 Å². The maximum atomic E-state index is 12.8. The Morgan fingerprint density at radius 1 is 1.00 bits per heavy atom. The van der Waals surface area contributed by atoms with Crippen molar-refractivity contribution >= 4 is 51.6 Å². The Hall–Kier alpha value is -3.10. The monoisotopic (exact) mass is 522 g/mol. The van der Waals surface area contributed by atoms with Gasteiger partial charge in [-0.1, -0.05) is 30.2 Å². The summed E-state index contributed by atoms with van der Waals surface area (Å²) in [7, 11) is 0. The van der Waals surface area contributed by atoms with Crippen LogP contribution in [-0.4, -0.2) is 30.1 Å². The topological polar surface area (TPSA) is 84.5 Å². The minimum absolute atomic E-state index is 0.181. The first-order valence-corrected chi connectivity index (χ1v) is 14.0. The third-order valence-corrected chi connectivity index (χ3v) is 8.13. The van der Waals surface area contributed by atoms with E-state index < -0.39 is 0 Å². The average molecular weight is 523 g/mol. The van der Waals surface area contributed by atoms with Crippen LogP contribution in [0, 0.1) is 6.92 Å². The van der Waals surface area contributed by atoms with Gasteiger partial charge in [-0.05, 0) is 75.4 Å². The molecule has 0 saturated heterocycles. The molecule has 0 fully saturated rings. The molecule has 188 valence electrons. The average Bonchev–Trinajstić information content (AvgIpc) is 3.03. The fraction of sp³-hybridized carbons (Fsp3) is 0.321. The standard InChI is InChI=1S/C28H30N2O4S2/c1-3-34-28(33)25-22-10-5-4-6-11-23(22)36-27(25)30-24(31)17-35-21-9-7-8-20(16-21)29-26(32)19-14-12-18(2)13-15-19/h7-9,12-16H,3-6,10-11,17H2,1-2H3,(H,29,32)(H,30,31). The summed E-state index contributed by atoms with van der Waals surface area (Å²) in [6, 6.07) is 14.8. The first kappa shape index (κ1) is 26.0. The normalized spacial score (nSPS) is 12.8. The summed E-state index contributed by atoms with van der Waals surface area (Å²) in [6.45, 7) is 4.06. The molecule has 2 aromatic carbocycles. The molecule has 6 nitrogen and oxygen atoms in total. The number of hydrogen-bond donors (Lipinski definition) is 2. The van der Waals surface area contributed by atoms with Crippen LogP contribution in [0.2, 0.25) is 0 Å². The van der Waals surface area contributed by atoms with Gasteiger partial charge in [-0.15, -0.1) is 23.1 Å². The van der Waals surface area contributed by atoms with E-state index in [1.807, 2.05) is 43.3 Å². The highest BCUT2D eigenvalue weighted by atomic mass is 32.2. The second-order valence-corrected chi connectivity index (χ2v) is 10.8. The molecule has 2 N–H and O–H groups in total. The molecular weight excluding hydrogens is 492 g/mol. The minimum Gasteiger partial charge on any atom is -0.462 e. The van der Waals surface area contributed by atoms with E-state index in [-0.39, 0.29) is 23.5 Å². The zero-order valence-electron chi connectivity index (χ0n) is 20.5. The summed E-state index contributed by atoms with van der Waals surface area (Å²) >= 11 is 2.87. The zero-order chi connectivity index (χ0) is 25.5. The summed E-state index contributed by atoms with van der Waals surface area (Å²) in [6.07, 6.45) is 5.04. The Bertz CT molecular complexity index is 1250. The van der Waals surface area contributed by atoms with Crippen molar-refractivity contribution in [2.75, 3.05) is 23.0 Å². The number of anilines is 2. The number of fused-ring (bicyclic) bond motifs is 1. The van der Waals surface area contributed by atoms with Gasteiger partial charge in [0, 0.05) is 21.0 Å². The molecule has 2 amide bonds. The maximum absolute atomic E-state index is 12.8. The van der Waals surface area contributed by atoms with Gasteiger partial charge in [0.15, 0.2) is 0 Å². The number of carbonyl (C=O) groups excluding carboxylic acids is 3. The van der Waals surface area contributed by atoms with Gasteiger partial charge in [0.25, 0.3) is 5.91 Å². The van der Waals surface area contributed by atoms with E-state index in [1.54, 1.807) is 19.1 Å². The molecule has 0 saturated carbocycles. The van der Waals surface area contributed by atoms with E-state index >= 15 is 0 Å². The lowest BCUT2D eigenvalue weighted by molar-refractivity contribution is -0.113. The lowest BCUT2D eigenvalue weighted by Gasteiger charge is -2.09. The number of nitrogens with one attached hydrogen (secondary N) is 2. The number of esters is 1. The summed E-state index contributed by atoms with van der Waals surface area (Å²) in [5, 5.41) is 6.45. The number of rotatable bonds is 8. The molecule has 8 heteroatoms. The van der Waals surface area contributed by atoms with Crippen molar-refractivity contribution in [2.45, 2.75) is 50.8 Å². The van der Waals surface area contributed by atoms with Gasteiger partial charge in [-0.3, -0.25) is 9.59 Å². The second kappa shape index (κ2) is 12.2. The third kappa shape index (κ3) is 6.56. The number of thioether (sulfide) groups is 1. The number of amides is 2. The largest absolute Gasteiger partial charge is 0.462 e. The van der Waals surface area contributed by atoms with Gasteiger partial charge in [0.1, 0.15) is 5.00 Å². The number of thiophene rings is 1. The van der Waals surface area contributed by atoms with Gasteiger partial charge in [-0.2, -0.15) is 0 Å². The van der Waals surface area contributed by atoms with Gasteiger partial charge in [0.05, 0.1) is 17.9 Å². The van der Waals surface area contributed by atoms with Crippen LogP contribution in [0.25, 0.3) is 0 Å². The molecule has 0 bridgehead atoms. The van der Waals surface area contributed by atoms with Crippen LogP contribution >= 0.6 is 23.1 Å². The van der Waals surface area contributed by atoms with Crippen LogP contribution in [-0.2, 0) is 22.4 Å². The number of hydrogen-bond acceptors (Lipinski definition) is 6. The SMILES string of the molecule is CCOC(=O)c1c(NC(=O)CSc2cccc(NC(=O)c3ccc(C)cc3)c2)sc2c1CCCCC2. The molecule has 0 spiro atoms. The molecule has 3 aromatic rings. The van der Waals surface area contributed by atoms with Crippen molar-refractivity contribution in [3.63, 3.8) is 0 Å². The molecule has 1 heterocycles. The first-order chi connectivity index (χ1) is 17.4. The Kier molecular flexibility index (Phi) is 8.83. The van der Waals surface area contributed by atoms with Crippen LogP contribution in [0.4, 0.5) is 10.7 Å². The van der Waals surface area contributed by atoms with Crippen LogP contribution in [0.5, 0.6) is 0 Å². The number of aryl methyl sites for hydroxylation is 2. The van der Waals surface area contributed by atoms with Gasteiger partial charge in [-0.25, -0.2) is 4.79 Å². The maximum Gasteiger partial charge on any atom is 0.341 e. The van der Waals surface area contributed by atoms with E-state index in [2.05, 4.69) is 10.6 Å². The van der Waals surface area contributed by atoms with Gasteiger partial charge >= 0.3 is 5.97 Å². The minimum atomic E-state index is -0.364. The summed E-state index contributed by atoms with van der Waals surface area (Å²) in [5.74, 6) is -0.549. The fourth-order valence-electron chi connectivity index (χ4n) is 4.13. The molecule has 4 rings (SSSR count). The van der Waals surface area contributed by atoms with Crippen molar-refractivity contribution in [1.29, 1.82) is 0 Å². The molecule has 1 aliphatic carbocycles. The molecule has 0 aliphatic heterocycles. The highest BCUT2D eigenvalue weighted by molar-refractivity contribution is 8.00. The third-order valence-electron chi connectivity index (χ3n) is 5.93. The first-order valence-electron chi connectivity index (χ1n) is 12.2. The van der Waals surface area contributed by atoms with Crippen molar-refractivity contribution in [1.82, 2.24) is 0 Å². The number of benzene rings is 2. The van der Waals surface area contributed by atoms with Crippen LogP contribution < -0.4 is 10.6 Å². The Morgan fingerprint density at radius 2 is 1.78 bits per heavy atom. The number of carbonyl (C=O) groups is 3. The molecule has 0 unspecified atom stereocenters. The summed E-state index contributed by atoms with van der Waals surface area (Å²) < 4.78 is 5.30. The Morgan fingerprint density at radius 3 is 2.56 bits per heavy atom. The summed E-state index contributed by atoms with van der Waals surface area (Å²) in [4.78, 5) is 40.1. The summed E-state index contributed by atoms with van der Waals surface area (Å²) in [5.41, 5.74) is 3.91. The van der Waals surface area contributed by atoms with E-state index in [0.717, 1.165) is 48.1 Å². The van der Waals surface area contributed by atoms with Crippen molar-refractivity contribution < 1.29 is 19.1 Å². The Balaban J connectivity index is 1.40. The molecule has 0 radical (unpaired) electrons. The zero-order valence-corrected chi connectivity index (χ0v) is 22.2. The molecule has 0 atom stereocenters. The lowest BCUT2D eigenvalue weighted by Crippen LogP contribution is -2.17. The molecular formula is C28H30N2O4S2. The smallest absolute Gasteiger partial charge is 0.341 e. The van der Waals surface area contributed by atoms with Gasteiger partial charge < -0.3 is 15.4 Å². The van der Waals surface area contributed by atoms with Gasteiger partial charge in [0.2, 0.25) is 5.91 Å². The Labute approximate surface area is 219 Å². The molecule has 1 aromatic heterocycles. The van der Waals surface area contributed by atoms with Crippen molar-refractivity contribution in [2.24, 2.45) is 0 Å². The van der Waals surface area contributed by atoms with Crippen LogP contribution in [0.3, 0.4) is 0 Å². The second-order valence-electron chi connectivity index (χ2n) is 8.67. The van der Waals surface area contributed by atoms with Crippen LogP contribution in [0.15, 0.2) is 53.4 Å². The van der Waals surface area contributed by atoms with E-state index in [9.17, 15) is 14.4 Å². The molecule has 36 heavy (non-hydrogen) atoms. The van der Waals surface area contributed by atoms with E-state index in [1.165, 1.54) is 28.0 Å². The predicted octanol–water partition coefficient (Wildman–Crippen LogP) is 6.49.